The highest BCUT2D eigenvalue weighted by atomic mass is 79.9. The number of ether oxygens (including phenoxy) is 1. The van der Waals surface area contributed by atoms with Crippen LogP contribution < -0.4 is 4.74 Å². The van der Waals surface area contributed by atoms with Crippen LogP contribution in [-0.2, 0) is 6.42 Å². The van der Waals surface area contributed by atoms with Crippen molar-refractivity contribution in [3.05, 3.63) is 52.5 Å². The zero-order valence-corrected chi connectivity index (χ0v) is 11.8. The van der Waals surface area contributed by atoms with Gasteiger partial charge in [0, 0.05) is 6.42 Å². The highest BCUT2D eigenvalue weighted by Crippen LogP contribution is 2.19. The predicted octanol–water partition coefficient (Wildman–Crippen LogP) is 3.58. The first-order valence-electron chi connectivity index (χ1n) is 5.79. The van der Waals surface area contributed by atoms with E-state index < -0.39 is 0 Å². The molecule has 0 saturated heterocycles. The topological polar surface area (TPSA) is 48.2 Å². The summed E-state index contributed by atoms with van der Waals surface area (Å²) in [6.45, 7) is 0. The fourth-order valence-corrected chi connectivity index (χ4v) is 2.13. The molecule has 2 aromatic heterocycles. The molecule has 0 bridgehead atoms. The lowest BCUT2D eigenvalue weighted by Gasteiger charge is -2.00. The van der Waals surface area contributed by atoms with Crippen LogP contribution in [0.25, 0.3) is 11.2 Å². The zero-order valence-electron chi connectivity index (χ0n) is 10.3. The smallest absolute Gasteiger partial charge is 0.201 e. The van der Waals surface area contributed by atoms with Crippen molar-refractivity contribution in [3.63, 3.8) is 0 Å². The van der Waals surface area contributed by atoms with Crippen molar-refractivity contribution in [1.29, 1.82) is 0 Å². The van der Waals surface area contributed by atoms with Crippen LogP contribution in [0.3, 0.4) is 0 Å². The molecule has 19 heavy (non-hydrogen) atoms. The number of hydrogen-bond donors (Lipinski definition) is 0. The molecular weight excluding hydrogens is 308 g/mol. The van der Waals surface area contributed by atoms with Crippen LogP contribution in [0.1, 0.15) is 11.5 Å². The van der Waals surface area contributed by atoms with Gasteiger partial charge in [0.2, 0.25) is 5.89 Å². The molecule has 3 rings (SSSR count). The van der Waals surface area contributed by atoms with Crippen molar-refractivity contribution in [1.82, 2.24) is 9.97 Å². The molecule has 3 aromatic rings. The summed E-state index contributed by atoms with van der Waals surface area (Å²) in [5.74, 6) is 1.50. The molecule has 96 valence electrons. The minimum atomic E-state index is 0.623. The van der Waals surface area contributed by atoms with Gasteiger partial charge in [0.05, 0.1) is 7.11 Å². The summed E-state index contributed by atoms with van der Waals surface area (Å²) in [5.41, 5.74) is 2.44. The van der Waals surface area contributed by atoms with Crippen molar-refractivity contribution in [2.24, 2.45) is 0 Å². The minimum absolute atomic E-state index is 0.623. The van der Waals surface area contributed by atoms with Gasteiger partial charge in [0.25, 0.3) is 0 Å². The fraction of sp³-hybridized carbons (Fsp3) is 0.143. The molecule has 0 amide bonds. The Morgan fingerprint density at radius 3 is 2.63 bits per heavy atom. The van der Waals surface area contributed by atoms with E-state index in [1.54, 1.807) is 7.11 Å². The second kappa shape index (κ2) is 5.01. The van der Waals surface area contributed by atoms with Gasteiger partial charge in [-0.2, -0.15) is 4.98 Å². The molecule has 4 nitrogen and oxygen atoms in total. The summed E-state index contributed by atoms with van der Waals surface area (Å²) in [7, 11) is 1.65. The number of nitrogens with zero attached hydrogens (tertiary/aromatic N) is 2. The third kappa shape index (κ3) is 2.61. The van der Waals surface area contributed by atoms with E-state index in [1.807, 2.05) is 36.4 Å². The van der Waals surface area contributed by atoms with Gasteiger partial charge in [-0.1, -0.05) is 12.1 Å². The lowest BCUT2D eigenvalue weighted by atomic mass is 10.1. The minimum Gasteiger partial charge on any atom is -0.497 e. The quantitative estimate of drug-likeness (QED) is 0.692. The highest BCUT2D eigenvalue weighted by Gasteiger charge is 2.08. The van der Waals surface area contributed by atoms with E-state index in [1.165, 1.54) is 0 Å². The third-order valence-corrected chi connectivity index (χ3v) is 3.22. The first-order valence-corrected chi connectivity index (χ1v) is 6.59. The predicted molar refractivity (Wildman–Crippen MR) is 75.3 cm³/mol. The first kappa shape index (κ1) is 12.2. The van der Waals surface area contributed by atoms with Crippen LogP contribution in [0.5, 0.6) is 5.75 Å². The Balaban J connectivity index is 1.87. The molecule has 0 aliphatic carbocycles. The average Bonchev–Trinajstić information content (AvgIpc) is 2.81. The van der Waals surface area contributed by atoms with Crippen LogP contribution in [0, 0.1) is 0 Å². The van der Waals surface area contributed by atoms with Gasteiger partial charge in [0.15, 0.2) is 11.2 Å². The zero-order chi connectivity index (χ0) is 13.2. The van der Waals surface area contributed by atoms with Crippen LogP contribution >= 0.6 is 15.9 Å². The van der Waals surface area contributed by atoms with Crippen molar-refractivity contribution in [3.8, 4) is 5.75 Å². The Morgan fingerprint density at radius 1 is 1.11 bits per heavy atom. The van der Waals surface area contributed by atoms with Crippen LogP contribution in [0.2, 0.25) is 0 Å². The van der Waals surface area contributed by atoms with Gasteiger partial charge in [-0.25, -0.2) is 4.98 Å². The Labute approximate surface area is 118 Å². The molecule has 5 heteroatoms. The molecule has 1 aromatic carbocycles. The van der Waals surface area contributed by atoms with Crippen molar-refractivity contribution >= 4 is 27.2 Å². The number of fused-ring (bicyclic) bond motifs is 1. The van der Waals surface area contributed by atoms with E-state index >= 15 is 0 Å². The molecule has 0 unspecified atom stereocenters. The summed E-state index contributed by atoms with van der Waals surface area (Å²) < 4.78 is 11.5. The molecule has 0 aliphatic rings. The van der Waals surface area contributed by atoms with Gasteiger partial charge in [0.1, 0.15) is 10.4 Å². The maximum atomic E-state index is 5.66. The molecule has 0 aliphatic heterocycles. The van der Waals surface area contributed by atoms with Gasteiger partial charge < -0.3 is 9.15 Å². The summed E-state index contributed by atoms with van der Waals surface area (Å²) >= 11 is 3.32. The first-order chi connectivity index (χ1) is 9.24. The highest BCUT2D eigenvalue weighted by molar-refractivity contribution is 9.10. The third-order valence-electron chi connectivity index (χ3n) is 2.78. The van der Waals surface area contributed by atoms with E-state index in [2.05, 4.69) is 25.9 Å². The van der Waals surface area contributed by atoms with E-state index in [9.17, 15) is 0 Å². The summed E-state index contributed by atoms with van der Waals surface area (Å²) in [6.07, 6.45) is 0.637. The summed E-state index contributed by atoms with van der Waals surface area (Å²) in [5, 5.41) is 0. The number of pyridine rings is 1. The molecule has 2 heterocycles. The average molecular weight is 319 g/mol. The number of methoxy groups -OCH3 is 1. The SMILES string of the molecule is COc1ccc(Cc2nc3nc(Br)ccc3o2)cc1. The molecule has 0 fully saturated rings. The Kier molecular flexibility index (Phi) is 3.21. The number of aromatic nitrogens is 2. The fourth-order valence-electron chi connectivity index (χ4n) is 1.83. The number of oxazole rings is 1. The number of halogens is 1. The maximum Gasteiger partial charge on any atom is 0.201 e. The second-order valence-corrected chi connectivity index (χ2v) is 4.90. The number of rotatable bonds is 3. The standard InChI is InChI=1S/C14H11BrN2O2/c1-18-10-4-2-9(3-5-10)8-13-17-14-11(19-13)6-7-12(15)16-14/h2-7H,8H2,1H3. The number of benzene rings is 1. The van der Waals surface area contributed by atoms with Gasteiger partial charge in [-0.3, -0.25) is 0 Å². The van der Waals surface area contributed by atoms with E-state index in [0.717, 1.165) is 15.9 Å². The monoisotopic (exact) mass is 318 g/mol. The Bertz CT molecular complexity index is 707. The normalized spacial score (nSPS) is 10.8. The van der Waals surface area contributed by atoms with Crippen molar-refractivity contribution in [2.45, 2.75) is 6.42 Å². The Hall–Kier alpha value is -1.88. The van der Waals surface area contributed by atoms with Crippen LogP contribution in [-0.4, -0.2) is 17.1 Å². The molecular formula is C14H11BrN2O2. The second-order valence-electron chi connectivity index (χ2n) is 4.09. The lowest BCUT2D eigenvalue weighted by Crippen LogP contribution is -1.89. The molecule has 0 N–H and O–H groups in total. The molecule has 0 radical (unpaired) electrons. The van der Waals surface area contributed by atoms with Crippen molar-refractivity contribution in [2.75, 3.05) is 7.11 Å². The van der Waals surface area contributed by atoms with E-state index in [4.69, 9.17) is 9.15 Å². The summed E-state index contributed by atoms with van der Waals surface area (Å²) in [4.78, 5) is 8.63. The van der Waals surface area contributed by atoms with Crippen LogP contribution in [0.15, 0.2) is 45.4 Å². The van der Waals surface area contributed by atoms with Crippen LogP contribution in [0.4, 0.5) is 0 Å². The van der Waals surface area contributed by atoms with Gasteiger partial charge in [-0.15, -0.1) is 0 Å². The Morgan fingerprint density at radius 2 is 1.89 bits per heavy atom. The molecule has 0 saturated carbocycles. The molecule has 0 spiro atoms. The largest absolute Gasteiger partial charge is 0.497 e. The summed E-state index contributed by atoms with van der Waals surface area (Å²) in [6, 6.07) is 11.5. The van der Waals surface area contributed by atoms with Gasteiger partial charge >= 0.3 is 0 Å². The lowest BCUT2D eigenvalue weighted by molar-refractivity contribution is 0.414. The molecule has 0 atom stereocenters. The van der Waals surface area contributed by atoms with E-state index in [0.29, 0.717) is 23.5 Å². The van der Waals surface area contributed by atoms with E-state index in [-0.39, 0.29) is 0 Å². The van der Waals surface area contributed by atoms with Gasteiger partial charge in [-0.05, 0) is 45.8 Å². The number of hydrogen-bond acceptors (Lipinski definition) is 4. The van der Waals surface area contributed by atoms with Crippen molar-refractivity contribution < 1.29 is 9.15 Å². The maximum absolute atomic E-state index is 5.66.